The van der Waals surface area contributed by atoms with E-state index in [2.05, 4.69) is 9.97 Å². The zero-order valence-electron chi connectivity index (χ0n) is 11.1. The van der Waals surface area contributed by atoms with Crippen LogP contribution in [0.4, 0.5) is 5.82 Å². The van der Waals surface area contributed by atoms with Crippen molar-refractivity contribution in [2.24, 2.45) is 0 Å². The Bertz CT molecular complexity index is 621. The summed E-state index contributed by atoms with van der Waals surface area (Å²) in [5.41, 5.74) is 7.67. The lowest BCUT2D eigenvalue weighted by Crippen LogP contribution is -2.29. The van der Waals surface area contributed by atoms with Crippen LogP contribution in [0.15, 0.2) is 36.5 Å². The lowest BCUT2D eigenvalue weighted by atomic mass is 10.1. The minimum absolute atomic E-state index is 0.120. The molecule has 1 fully saturated rings. The van der Waals surface area contributed by atoms with Gasteiger partial charge in [-0.05, 0) is 12.8 Å². The summed E-state index contributed by atoms with van der Waals surface area (Å²) in [7, 11) is 0. The molecule has 5 nitrogen and oxygen atoms in total. The van der Waals surface area contributed by atoms with Gasteiger partial charge in [-0.3, -0.25) is 4.79 Å². The number of carbonyl (C=O) groups is 1. The molecule has 20 heavy (non-hydrogen) atoms. The molecule has 1 aliphatic rings. The molecular formula is C15H16N4O. The summed E-state index contributed by atoms with van der Waals surface area (Å²) in [4.78, 5) is 22.7. The highest BCUT2D eigenvalue weighted by Gasteiger charge is 2.23. The molecule has 102 valence electrons. The molecule has 1 aliphatic heterocycles. The molecule has 2 heterocycles. The van der Waals surface area contributed by atoms with Gasteiger partial charge in [-0.2, -0.15) is 0 Å². The molecule has 2 N–H and O–H groups in total. The molecule has 0 saturated carbocycles. The highest BCUT2D eigenvalue weighted by molar-refractivity contribution is 5.97. The minimum Gasteiger partial charge on any atom is -0.382 e. The van der Waals surface area contributed by atoms with Crippen molar-refractivity contribution in [3.8, 4) is 11.3 Å². The Kier molecular flexibility index (Phi) is 3.33. The van der Waals surface area contributed by atoms with E-state index in [-0.39, 0.29) is 17.4 Å². The van der Waals surface area contributed by atoms with Crippen molar-refractivity contribution in [1.82, 2.24) is 14.9 Å². The molecule has 3 rings (SSSR count). The van der Waals surface area contributed by atoms with Crippen molar-refractivity contribution in [3.63, 3.8) is 0 Å². The van der Waals surface area contributed by atoms with Crippen LogP contribution in [0.1, 0.15) is 23.3 Å². The Balaban J connectivity index is 1.96. The maximum atomic E-state index is 12.4. The van der Waals surface area contributed by atoms with Crippen LogP contribution in [0.3, 0.4) is 0 Å². The summed E-state index contributed by atoms with van der Waals surface area (Å²) in [6, 6.07) is 9.66. The maximum Gasteiger partial charge on any atom is 0.276 e. The van der Waals surface area contributed by atoms with E-state index < -0.39 is 0 Å². The number of nitrogens with two attached hydrogens (primary N) is 1. The summed E-state index contributed by atoms with van der Waals surface area (Å²) in [6.45, 7) is 1.55. The minimum atomic E-state index is -0.120. The van der Waals surface area contributed by atoms with E-state index in [0.29, 0.717) is 5.69 Å². The number of rotatable bonds is 2. The van der Waals surface area contributed by atoms with E-state index >= 15 is 0 Å². The Morgan fingerprint density at radius 2 is 1.85 bits per heavy atom. The maximum absolute atomic E-state index is 12.4. The molecule has 2 aromatic rings. The van der Waals surface area contributed by atoms with Crippen molar-refractivity contribution in [3.05, 3.63) is 42.2 Å². The van der Waals surface area contributed by atoms with E-state index in [4.69, 9.17) is 5.73 Å². The largest absolute Gasteiger partial charge is 0.382 e. The Labute approximate surface area is 117 Å². The molecule has 0 unspecified atom stereocenters. The fraction of sp³-hybridized carbons (Fsp3) is 0.267. The van der Waals surface area contributed by atoms with Gasteiger partial charge in [0.25, 0.3) is 5.91 Å². The molecular weight excluding hydrogens is 252 g/mol. The lowest BCUT2D eigenvalue weighted by molar-refractivity contribution is 0.0788. The van der Waals surface area contributed by atoms with Gasteiger partial charge >= 0.3 is 0 Å². The fourth-order valence-electron chi connectivity index (χ4n) is 2.37. The number of hydrogen-bond acceptors (Lipinski definition) is 4. The zero-order valence-corrected chi connectivity index (χ0v) is 11.1. The standard InChI is InChI=1S/C15H16N4O/c16-14-13(15(20)19-8-4-5-9-19)18-12(10-17-14)11-6-2-1-3-7-11/h1-3,6-7,10H,4-5,8-9H2,(H2,16,17). The van der Waals surface area contributed by atoms with Crippen LogP contribution in [0.25, 0.3) is 11.3 Å². The lowest BCUT2D eigenvalue weighted by Gasteiger charge is -2.15. The first kappa shape index (κ1) is 12.6. The van der Waals surface area contributed by atoms with Gasteiger partial charge in [0, 0.05) is 18.7 Å². The Morgan fingerprint density at radius 3 is 2.55 bits per heavy atom. The van der Waals surface area contributed by atoms with Gasteiger partial charge in [0.1, 0.15) is 0 Å². The molecule has 1 amide bonds. The number of nitrogen functional groups attached to an aromatic ring is 1. The first-order chi connectivity index (χ1) is 9.75. The quantitative estimate of drug-likeness (QED) is 0.903. The van der Waals surface area contributed by atoms with E-state index in [1.165, 1.54) is 0 Å². The summed E-state index contributed by atoms with van der Waals surface area (Å²) in [6.07, 6.45) is 3.68. The van der Waals surface area contributed by atoms with E-state index in [9.17, 15) is 4.79 Å². The average Bonchev–Trinajstić information content (AvgIpc) is 3.02. The fourth-order valence-corrected chi connectivity index (χ4v) is 2.37. The summed E-state index contributed by atoms with van der Waals surface area (Å²) >= 11 is 0. The summed E-state index contributed by atoms with van der Waals surface area (Å²) in [5, 5.41) is 0. The number of likely N-dealkylation sites (tertiary alicyclic amines) is 1. The predicted molar refractivity (Wildman–Crippen MR) is 77.0 cm³/mol. The second-order valence-corrected chi connectivity index (χ2v) is 4.85. The van der Waals surface area contributed by atoms with E-state index in [0.717, 1.165) is 31.5 Å². The summed E-state index contributed by atoms with van der Waals surface area (Å²) < 4.78 is 0. The molecule has 1 aromatic heterocycles. The number of amides is 1. The van der Waals surface area contributed by atoms with Crippen LogP contribution in [0.5, 0.6) is 0 Å². The molecule has 0 aliphatic carbocycles. The molecule has 0 radical (unpaired) electrons. The van der Waals surface area contributed by atoms with E-state index in [1.807, 2.05) is 30.3 Å². The second-order valence-electron chi connectivity index (χ2n) is 4.85. The summed E-state index contributed by atoms with van der Waals surface area (Å²) in [5.74, 6) is 0.0758. The van der Waals surface area contributed by atoms with Gasteiger partial charge in [-0.15, -0.1) is 0 Å². The second kappa shape index (κ2) is 5.28. The molecule has 5 heteroatoms. The number of benzene rings is 1. The van der Waals surface area contributed by atoms with Crippen molar-refractivity contribution < 1.29 is 4.79 Å². The average molecular weight is 268 g/mol. The third-order valence-electron chi connectivity index (χ3n) is 3.47. The van der Waals surface area contributed by atoms with Crippen molar-refractivity contribution in [1.29, 1.82) is 0 Å². The number of hydrogen-bond donors (Lipinski definition) is 1. The number of carbonyl (C=O) groups excluding carboxylic acids is 1. The number of aromatic nitrogens is 2. The van der Waals surface area contributed by atoms with Crippen LogP contribution < -0.4 is 5.73 Å². The van der Waals surface area contributed by atoms with Gasteiger partial charge < -0.3 is 10.6 Å². The molecule has 1 aromatic carbocycles. The van der Waals surface area contributed by atoms with Gasteiger partial charge in [0.2, 0.25) is 0 Å². The third-order valence-corrected chi connectivity index (χ3v) is 3.47. The predicted octanol–water partition coefficient (Wildman–Crippen LogP) is 1.96. The van der Waals surface area contributed by atoms with Crippen molar-refractivity contribution in [2.45, 2.75) is 12.8 Å². The van der Waals surface area contributed by atoms with Gasteiger partial charge in [0.15, 0.2) is 11.5 Å². The Hall–Kier alpha value is -2.43. The first-order valence-electron chi connectivity index (χ1n) is 6.73. The number of nitrogens with zero attached hydrogens (tertiary/aromatic N) is 3. The van der Waals surface area contributed by atoms with Crippen LogP contribution in [0, 0.1) is 0 Å². The SMILES string of the molecule is Nc1ncc(-c2ccccc2)nc1C(=O)N1CCCC1. The highest BCUT2D eigenvalue weighted by Crippen LogP contribution is 2.20. The van der Waals surface area contributed by atoms with Crippen LogP contribution >= 0.6 is 0 Å². The normalized spacial score (nSPS) is 14.5. The van der Waals surface area contributed by atoms with Crippen LogP contribution in [0.2, 0.25) is 0 Å². The van der Waals surface area contributed by atoms with E-state index in [1.54, 1.807) is 11.1 Å². The third kappa shape index (κ3) is 2.34. The molecule has 0 atom stereocenters. The highest BCUT2D eigenvalue weighted by atomic mass is 16.2. The van der Waals surface area contributed by atoms with Crippen molar-refractivity contribution in [2.75, 3.05) is 18.8 Å². The molecule has 0 spiro atoms. The van der Waals surface area contributed by atoms with Crippen LogP contribution in [-0.2, 0) is 0 Å². The molecule has 1 saturated heterocycles. The monoisotopic (exact) mass is 268 g/mol. The van der Waals surface area contributed by atoms with Gasteiger partial charge in [0.05, 0.1) is 11.9 Å². The number of anilines is 1. The topological polar surface area (TPSA) is 72.1 Å². The zero-order chi connectivity index (χ0) is 13.9. The van der Waals surface area contributed by atoms with Gasteiger partial charge in [-0.25, -0.2) is 9.97 Å². The van der Waals surface area contributed by atoms with Crippen LogP contribution in [-0.4, -0.2) is 33.9 Å². The first-order valence-corrected chi connectivity index (χ1v) is 6.73. The van der Waals surface area contributed by atoms with Gasteiger partial charge in [-0.1, -0.05) is 30.3 Å². The smallest absolute Gasteiger partial charge is 0.276 e. The van der Waals surface area contributed by atoms with Crippen molar-refractivity contribution >= 4 is 11.7 Å². The Morgan fingerprint density at radius 1 is 1.15 bits per heavy atom. The molecule has 0 bridgehead atoms.